The van der Waals surface area contributed by atoms with E-state index in [9.17, 15) is 9.59 Å². The van der Waals surface area contributed by atoms with Crippen LogP contribution in [0.2, 0.25) is 5.02 Å². The number of fused-ring (bicyclic) bond motifs is 1. The van der Waals surface area contributed by atoms with Gasteiger partial charge in [0, 0.05) is 17.4 Å². The molecule has 0 saturated heterocycles. The molecule has 22 heavy (non-hydrogen) atoms. The van der Waals surface area contributed by atoms with Crippen LogP contribution in [0.4, 0.5) is 5.69 Å². The van der Waals surface area contributed by atoms with Crippen molar-refractivity contribution >= 4 is 34.5 Å². The van der Waals surface area contributed by atoms with Crippen LogP contribution in [0.25, 0.3) is 5.52 Å². The number of anilines is 1. The molecule has 1 N–H and O–H groups in total. The minimum absolute atomic E-state index is 0.0266. The van der Waals surface area contributed by atoms with Gasteiger partial charge in [-0.1, -0.05) is 17.7 Å². The van der Waals surface area contributed by atoms with Gasteiger partial charge >= 0.3 is 0 Å². The fourth-order valence-electron chi connectivity index (χ4n) is 2.09. The van der Waals surface area contributed by atoms with Crippen molar-refractivity contribution in [2.24, 2.45) is 0 Å². The number of rotatable bonds is 3. The van der Waals surface area contributed by atoms with Crippen molar-refractivity contribution in [2.45, 2.75) is 6.92 Å². The van der Waals surface area contributed by atoms with Crippen LogP contribution < -0.4 is 5.32 Å². The normalized spacial score (nSPS) is 10.6. The average molecular weight is 314 g/mol. The molecule has 1 amide bonds. The van der Waals surface area contributed by atoms with E-state index in [1.165, 1.54) is 6.92 Å². The minimum Gasteiger partial charge on any atom is -0.321 e. The van der Waals surface area contributed by atoms with Crippen LogP contribution in [0.15, 0.2) is 48.7 Å². The van der Waals surface area contributed by atoms with Crippen molar-refractivity contribution < 1.29 is 9.59 Å². The van der Waals surface area contributed by atoms with Crippen molar-refractivity contribution in [1.82, 2.24) is 9.61 Å². The highest BCUT2D eigenvalue weighted by atomic mass is 35.5. The summed E-state index contributed by atoms with van der Waals surface area (Å²) < 4.78 is 1.55. The molecule has 3 rings (SSSR count). The number of pyridine rings is 1. The molecule has 0 fully saturated rings. The summed E-state index contributed by atoms with van der Waals surface area (Å²) in [5.74, 6) is -0.425. The highest BCUT2D eigenvalue weighted by Crippen LogP contribution is 2.22. The first-order valence-corrected chi connectivity index (χ1v) is 6.99. The van der Waals surface area contributed by atoms with Crippen molar-refractivity contribution in [2.75, 3.05) is 5.32 Å². The summed E-state index contributed by atoms with van der Waals surface area (Å²) >= 11 is 6.20. The summed E-state index contributed by atoms with van der Waals surface area (Å²) in [4.78, 5) is 23.5. The van der Waals surface area contributed by atoms with Gasteiger partial charge in [0.15, 0.2) is 11.5 Å². The summed E-state index contributed by atoms with van der Waals surface area (Å²) in [6.45, 7) is 1.49. The first-order chi connectivity index (χ1) is 10.6. The van der Waals surface area contributed by atoms with Gasteiger partial charge in [0.05, 0.1) is 10.5 Å². The average Bonchev–Trinajstić information content (AvgIpc) is 2.85. The van der Waals surface area contributed by atoms with Gasteiger partial charge in [-0.05, 0) is 43.3 Å². The van der Waals surface area contributed by atoms with Gasteiger partial charge in [0.1, 0.15) is 0 Å². The Labute approximate surface area is 131 Å². The largest absolute Gasteiger partial charge is 0.321 e. The number of carbonyl (C=O) groups excluding carboxylic acids is 2. The summed E-state index contributed by atoms with van der Waals surface area (Å²) in [6, 6.07) is 12.1. The number of Topliss-reactive ketones (excluding diaryl/α,β-unsaturated/α-hetero) is 1. The van der Waals surface area contributed by atoms with E-state index in [0.717, 1.165) is 0 Å². The maximum absolute atomic E-state index is 12.3. The third kappa shape index (κ3) is 2.58. The van der Waals surface area contributed by atoms with E-state index < -0.39 is 5.91 Å². The van der Waals surface area contributed by atoms with Crippen LogP contribution in [0.1, 0.15) is 27.8 Å². The van der Waals surface area contributed by atoms with Crippen LogP contribution in [-0.2, 0) is 0 Å². The molecule has 0 aliphatic carbocycles. The number of carbonyl (C=O) groups is 2. The highest BCUT2D eigenvalue weighted by molar-refractivity contribution is 6.37. The van der Waals surface area contributed by atoms with E-state index in [0.29, 0.717) is 21.8 Å². The number of amides is 1. The molecule has 0 radical (unpaired) electrons. The van der Waals surface area contributed by atoms with Crippen LogP contribution >= 0.6 is 11.6 Å². The lowest BCUT2D eigenvalue weighted by molar-refractivity contribution is 0.101. The standard InChI is InChI=1S/C16H12ClN3O2/c1-10(21)11-5-7-12(8-6-11)18-16(22)15-14(17)13-4-2-3-9-20(13)19-15/h2-9H,1H3,(H,18,22). The molecule has 2 heterocycles. The Morgan fingerprint density at radius 1 is 1.14 bits per heavy atom. The molecule has 6 heteroatoms. The van der Waals surface area contributed by atoms with Crippen LogP contribution in [-0.4, -0.2) is 21.3 Å². The monoisotopic (exact) mass is 313 g/mol. The summed E-state index contributed by atoms with van der Waals surface area (Å²) in [5, 5.41) is 7.19. The van der Waals surface area contributed by atoms with E-state index in [2.05, 4.69) is 10.4 Å². The number of benzene rings is 1. The van der Waals surface area contributed by atoms with E-state index in [-0.39, 0.29) is 11.5 Å². The first-order valence-electron chi connectivity index (χ1n) is 6.61. The zero-order valence-electron chi connectivity index (χ0n) is 11.7. The molecule has 5 nitrogen and oxygen atoms in total. The minimum atomic E-state index is -0.399. The van der Waals surface area contributed by atoms with Crippen LogP contribution in [0, 0.1) is 0 Å². The second-order valence-electron chi connectivity index (χ2n) is 4.78. The molecule has 110 valence electrons. The Bertz CT molecular complexity index is 869. The molecule has 3 aromatic rings. The first kappa shape index (κ1) is 14.3. The molecule has 2 aromatic heterocycles. The number of hydrogen-bond acceptors (Lipinski definition) is 3. The SMILES string of the molecule is CC(=O)c1ccc(NC(=O)c2nn3ccccc3c2Cl)cc1. The fourth-order valence-corrected chi connectivity index (χ4v) is 2.37. The van der Waals surface area contributed by atoms with Gasteiger partial charge in [0.25, 0.3) is 5.91 Å². The Morgan fingerprint density at radius 3 is 2.50 bits per heavy atom. The Hall–Kier alpha value is -2.66. The number of nitrogens with one attached hydrogen (secondary N) is 1. The Balaban J connectivity index is 1.87. The fraction of sp³-hybridized carbons (Fsp3) is 0.0625. The van der Waals surface area contributed by atoms with Crippen molar-refractivity contribution in [3.63, 3.8) is 0 Å². The molecular formula is C16H12ClN3O2. The second-order valence-corrected chi connectivity index (χ2v) is 5.16. The van der Waals surface area contributed by atoms with Crippen molar-refractivity contribution in [3.05, 3.63) is 64.9 Å². The van der Waals surface area contributed by atoms with E-state index in [1.807, 2.05) is 6.07 Å². The molecule has 0 spiro atoms. The predicted octanol–water partition coefficient (Wildman–Crippen LogP) is 3.44. The number of nitrogens with zero attached hydrogens (tertiary/aromatic N) is 2. The van der Waals surface area contributed by atoms with Gasteiger partial charge in [-0.2, -0.15) is 5.10 Å². The number of hydrogen-bond donors (Lipinski definition) is 1. The molecule has 0 atom stereocenters. The lowest BCUT2D eigenvalue weighted by Crippen LogP contribution is -2.13. The number of halogens is 1. The summed E-state index contributed by atoms with van der Waals surface area (Å²) in [7, 11) is 0. The highest BCUT2D eigenvalue weighted by Gasteiger charge is 2.17. The topological polar surface area (TPSA) is 63.5 Å². The summed E-state index contributed by atoms with van der Waals surface area (Å²) in [6.07, 6.45) is 1.72. The maximum atomic E-state index is 12.3. The molecular weight excluding hydrogens is 302 g/mol. The Kier molecular flexibility index (Phi) is 3.65. The molecule has 1 aromatic carbocycles. The molecule has 0 bridgehead atoms. The van der Waals surface area contributed by atoms with E-state index in [4.69, 9.17) is 11.6 Å². The zero-order valence-corrected chi connectivity index (χ0v) is 12.5. The number of aromatic nitrogens is 2. The van der Waals surface area contributed by atoms with Gasteiger partial charge in [0.2, 0.25) is 0 Å². The Morgan fingerprint density at radius 2 is 1.86 bits per heavy atom. The van der Waals surface area contributed by atoms with Gasteiger partial charge in [-0.25, -0.2) is 4.52 Å². The second kappa shape index (κ2) is 5.61. The maximum Gasteiger partial charge on any atom is 0.277 e. The smallest absolute Gasteiger partial charge is 0.277 e. The quantitative estimate of drug-likeness (QED) is 0.753. The molecule has 0 saturated carbocycles. The lowest BCUT2D eigenvalue weighted by atomic mass is 10.1. The molecule has 0 unspecified atom stereocenters. The van der Waals surface area contributed by atoms with Gasteiger partial charge < -0.3 is 5.32 Å². The molecule has 0 aliphatic heterocycles. The van der Waals surface area contributed by atoms with Gasteiger partial charge in [-0.3, -0.25) is 9.59 Å². The van der Waals surface area contributed by atoms with Gasteiger partial charge in [-0.15, -0.1) is 0 Å². The van der Waals surface area contributed by atoms with Crippen LogP contribution in [0.5, 0.6) is 0 Å². The predicted molar refractivity (Wildman–Crippen MR) is 84.6 cm³/mol. The zero-order chi connectivity index (χ0) is 15.7. The van der Waals surface area contributed by atoms with E-state index in [1.54, 1.807) is 47.1 Å². The lowest BCUT2D eigenvalue weighted by Gasteiger charge is -2.04. The third-order valence-electron chi connectivity index (χ3n) is 3.24. The van der Waals surface area contributed by atoms with Crippen molar-refractivity contribution in [3.8, 4) is 0 Å². The molecule has 0 aliphatic rings. The number of ketones is 1. The van der Waals surface area contributed by atoms with Crippen molar-refractivity contribution in [1.29, 1.82) is 0 Å². The summed E-state index contributed by atoms with van der Waals surface area (Å²) in [5.41, 5.74) is 1.98. The van der Waals surface area contributed by atoms with Crippen LogP contribution in [0.3, 0.4) is 0 Å². The van der Waals surface area contributed by atoms with E-state index >= 15 is 0 Å². The third-order valence-corrected chi connectivity index (χ3v) is 3.62.